The summed E-state index contributed by atoms with van der Waals surface area (Å²) >= 11 is 3.25. The van der Waals surface area contributed by atoms with Crippen molar-refractivity contribution in [1.29, 1.82) is 5.26 Å². The van der Waals surface area contributed by atoms with E-state index in [2.05, 4.69) is 15.9 Å². The normalized spacial score (nSPS) is 11.1. The molecule has 7 heteroatoms. The van der Waals surface area contributed by atoms with E-state index in [4.69, 9.17) is 14.2 Å². The average molecular weight is 432 g/mol. The third-order valence-electron chi connectivity index (χ3n) is 3.64. The summed E-state index contributed by atoms with van der Waals surface area (Å²) in [4.78, 5) is 0.0370. The molecule has 3 rings (SSSR count). The molecule has 0 saturated heterocycles. The van der Waals surface area contributed by atoms with E-state index in [0.29, 0.717) is 16.6 Å². The Morgan fingerprint density at radius 1 is 1.08 bits per heavy atom. The first kappa shape index (κ1) is 18.2. The van der Waals surface area contributed by atoms with Crippen molar-refractivity contribution >= 4 is 36.8 Å². The molecule has 0 N–H and O–H groups in total. The minimum Gasteiger partial charge on any atom is -0.490 e. The highest BCUT2D eigenvalue weighted by molar-refractivity contribution is 9.10. The van der Waals surface area contributed by atoms with Crippen molar-refractivity contribution < 1.29 is 17.3 Å². The molecule has 3 aromatic rings. The molecule has 0 spiro atoms. The van der Waals surface area contributed by atoms with Crippen molar-refractivity contribution in [3.63, 3.8) is 0 Å². The van der Waals surface area contributed by atoms with Gasteiger partial charge in [-0.1, -0.05) is 30.3 Å². The largest absolute Gasteiger partial charge is 0.490 e. The maximum Gasteiger partial charge on any atom is 0.339 e. The Morgan fingerprint density at radius 3 is 2.50 bits per heavy atom. The Kier molecular flexibility index (Phi) is 5.16. The van der Waals surface area contributed by atoms with Crippen molar-refractivity contribution in [2.75, 3.05) is 6.61 Å². The number of benzene rings is 3. The van der Waals surface area contributed by atoms with Crippen LogP contribution in [0.4, 0.5) is 0 Å². The number of nitrogens with zero attached hydrogens (tertiary/aromatic N) is 1. The van der Waals surface area contributed by atoms with Gasteiger partial charge in [0.2, 0.25) is 0 Å². The van der Waals surface area contributed by atoms with Gasteiger partial charge >= 0.3 is 10.1 Å². The molecule has 0 bridgehead atoms. The molecular weight excluding hydrogens is 418 g/mol. The number of nitriles is 1. The lowest BCUT2D eigenvalue weighted by Gasteiger charge is -2.14. The second kappa shape index (κ2) is 7.36. The highest BCUT2D eigenvalue weighted by Crippen LogP contribution is 2.38. The molecule has 0 amide bonds. The SMILES string of the molecule is CCOc1cc(C#N)cc(Br)c1OS(=O)(=O)c1ccc2ccccc2c1. The van der Waals surface area contributed by atoms with Crippen LogP contribution < -0.4 is 8.92 Å². The monoisotopic (exact) mass is 431 g/mol. The Balaban J connectivity index is 2.05. The van der Waals surface area contributed by atoms with Gasteiger partial charge in [0, 0.05) is 6.07 Å². The van der Waals surface area contributed by atoms with Crippen molar-refractivity contribution in [1.82, 2.24) is 0 Å². The van der Waals surface area contributed by atoms with Crippen LogP contribution in [0.5, 0.6) is 11.5 Å². The minimum absolute atomic E-state index is 0.0130. The smallest absolute Gasteiger partial charge is 0.339 e. The third kappa shape index (κ3) is 3.66. The van der Waals surface area contributed by atoms with Crippen LogP contribution in [0.1, 0.15) is 12.5 Å². The molecule has 0 aromatic heterocycles. The zero-order valence-corrected chi connectivity index (χ0v) is 16.2. The summed E-state index contributed by atoms with van der Waals surface area (Å²) in [5.74, 6) is 0.196. The third-order valence-corrected chi connectivity index (χ3v) is 5.45. The molecule has 0 aliphatic heterocycles. The number of rotatable bonds is 5. The molecule has 0 unspecified atom stereocenters. The van der Waals surface area contributed by atoms with E-state index >= 15 is 0 Å². The van der Waals surface area contributed by atoms with Crippen molar-refractivity contribution in [2.45, 2.75) is 11.8 Å². The zero-order chi connectivity index (χ0) is 18.7. The summed E-state index contributed by atoms with van der Waals surface area (Å²) in [5, 5.41) is 10.8. The number of halogens is 1. The standard InChI is InChI=1S/C19H14BrNO4S/c1-2-24-18-10-13(12-21)9-17(20)19(18)25-26(22,23)16-8-7-14-5-3-4-6-15(14)11-16/h3-11H,2H2,1H3. The Morgan fingerprint density at radius 2 is 1.81 bits per heavy atom. The van der Waals surface area contributed by atoms with E-state index in [0.717, 1.165) is 10.8 Å². The van der Waals surface area contributed by atoms with Crippen LogP contribution in [0.25, 0.3) is 10.8 Å². The molecule has 0 heterocycles. The fourth-order valence-electron chi connectivity index (χ4n) is 2.46. The number of hydrogen-bond donors (Lipinski definition) is 0. The molecule has 0 atom stereocenters. The van der Waals surface area contributed by atoms with Crippen LogP contribution in [0.3, 0.4) is 0 Å². The highest BCUT2D eigenvalue weighted by atomic mass is 79.9. The van der Waals surface area contributed by atoms with Crippen molar-refractivity contribution in [2.24, 2.45) is 0 Å². The predicted octanol–water partition coefficient (Wildman–Crippen LogP) is 4.64. The van der Waals surface area contributed by atoms with Gasteiger partial charge in [0.15, 0.2) is 11.5 Å². The van der Waals surface area contributed by atoms with Gasteiger partial charge < -0.3 is 8.92 Å². The maximum atomic E-state index is 12.7. The second-order valence-electron chi connectivity index (χ2n) is 5.38. The van der Waals surface area contributed by atoms with Crippen molar-refractivity contribution in [3.8, 4) is 17.6 Å². The first-order valence-corrected chi connectivity index (χ1v) is 9.94. The summed E-state index contributed by atoms with van der Waals surface area (Å²) in [6.07, 6.45) is 0. The maximum absolute atomic E-state index is 12.7. The molecule has 0 radical (unpaired) electrons. The van der Waals surface area contributed by atoms with Crippen LogP contribution in [-0.2, 0) is 10.1 Å². The molecule has 5 nitrogen and oxygen atoms in total. The summed E-state index contributed by atoms with van der Waals surface area (Å²) in [6.45, 7) is 2.06. The predicted molar refractivity (Wildman–Crippen MR) is 102 cm³/mol. The van der Waals surface area contributed by atoms with Gasteiger partial charge in [-0.15, -0.1) is 0 Å². The first-order valence-electron chi connectivity index (χ1n) is 7.74. The first-order chi connectivity index (χ1) is 12.4. The van der Waals surface area contributed by atoms with Gasteiger partial charge in [0.25, 0.3) is 0 Å². The fraction of sp³-hybridized carbons (Fsp3) is 0.105. The van der Waals surface area contributed by atoms with Crippen LogP contribution in [-0.4, -0.2) is 15.0 Å². The molecular formula is C19H14BrNO4S. The van der Waals surface area contributed by atoms with Gasteiger partial charge in [-0.2, -0.15) is 13.7 Å². The molecule has 0 aliphatic rings. The summed E-state index contributed by atoms with van der Waals surface area (Å²) in [5.41, 5.74) is 0.329. The number of hydrogen-bond acceptors (Lipinski definition) is 5. The van der Waals surface area contributed by atoms with Gasteiger partial charge in [-0.3, -0.25) is 0 Å². The van der Waals surface area contributed by atoms with Gasteiger partial charge in [0.05, 0.1) is 22.7 Å². The molecule has 26 heavy (non-hydrogen) atoms. The summed E-state index contributed by atoms with van der Waals surface area (Å²) in [6, 6.07) is 17.1. The van der Waals surface area contributed by atoms with Crippen LogP contribution >= 0.6 is 15.9 Å². The van der Waals surface area contributed by atoms with E-state index < -0.39 is 10.1 Å². The fourth-order valence-corrected chi connectivity index (χ4v) is 4.08. The zero-order valence-electron chi connectivity index (χ0n) is 13.8. The topological polar surface area (TPSA) is 76.4 Å². The lowest BCUT2D eigenvalue weighted by atomic mass is 10.1. The van der Waals surface area contributed by atoms with E-state index in [9.17, 15) is 8.42 Å². The second-order valence-corrected chi connectivity index (χ2v) is 7.78. The van der Waals surface area contributed by atoms with Crippen LogP contribution in [0, 0.1) is 11.3 Å². The minimum atomic E-state index is -4.08. The molecule has 3 aromatic carbocycles. The molecule has 0 aliphatic carbocycles. The van der Waals surface area contributed by atoms with Gasteiger partial charge in [-0.05, 0) is 51.8 Å². The lowest BCUT2D eigenvalue weighted by molar-refractivity contribution is 0.327. The van der Waals surface area contributed by atoms with E-state index in [-0.39, 0.29) is 16.4 Å². The van der Waals surface area contributed by atoms with Gasteiger partial charge in [0.1, 0.15) is 4.90 Å². The van der Waals surface area contributed by atoms with Crippen molar-refractivity contribution in [3.05, 3.63) is 64.6 Å². The van der Waals surface area contributed by atoms with Crippen LogP contribution in [0.15, 0.2) is 64.0 Å². The number of ether oxygens (including phenoxy) is 1. The quantitative estimate of drug-likeness (QED) is 0.549. The summed E-state index contributed by atoms with van der Waals surface area (Å²) in [7, 11) is -4.08. The molecule has 0 saturated carbocycles. The van der Waals surface area contributed by atoms with E-state index in [1.54, 1.807) is 19.1 Å². The Hall–Kier alpha value is -2.56. The van der Waals surface area contributed by atoms with Crippen LogP contribution in [0.2, 0.25) is 0 Å². The lowest BCUT2D eigenvalue weighted by Crippen LogP contribution is -2.11. The molecule has 132 valence electrons. The average Bonchev–Trinajstić information content (AvgIpc) is 2.64. The van der Waals surface area contributed by atoms with Gasteiger partial charge in [-0.25, -0.2) is 0 Å². The number of fused-ring (bicyclic) bond motifs is 1. The molecule has 0 fully saturated rings. The Labute approximate surface area is 160 Å². The Bertz CT molecular complexity index is 1120. The van der Waals surface area contributed by atoms with E-state index in [1.165, 1.54) is 18.2 Å². The summed E-state index contributed by atoms with van der Waals surface area (Å²) < 4.78 is 36.6. The van der Waals surface area contributed by atoms with E-state index in [1.807, 2.05) is 30.3 Å². The highest BCUT2D eigenvalue weighted by Gasteiger charge is 2.22.